The van der Waals surface area contributed by atoms with Gasteiger partial charge in [0.05, 0.1) is 11.8 Å². The predicted octanol–water partition coefficient (Wildman–Crippen LogP) is 1.23. The van der Waals surface area contributed by atoms with E-state index in [0.29, 0.717) is 0 Å². The highest BCUT2D eigenvalue weighted by Crippen LogP contribution is 2.26. The molecular formula is C14H26N4O. The van der Waals surface area contributed by atoms with Crippen LogP contribution in [0.25, 0.3) is 0 Å². The van der Waals surface area contributed by atoms with Crippen LogP contribution in [0, 0.1) is 6.92 Å². The summed E-state index contributed by atoms with van der Waals surface area (Å²) in [5, 5.41) is 4.57. The number of hydrogen-bond acceptors (Lipinski definition) is 4. The number of anilines is 1. The molecule has 5 nitrogen and oxygen atoms in total. The topological polar surface area (TPSA) is 56.3 Å². The van der Waals surface area contributed by atoms with E-state index in [-0.39, 0.29) is 12.1 Å². The zero-order valence-electron chi connectivity index (χ0n) is 12.5. The van der Waals surface area contributed by atoms with Gasteiger partial charge in [-0.2, -0.15) is 5.10 Å². The molecule has 0 spiro atoms. The number of nitrogens with zero attached hydrogens (tertiary/aromatic N) is 3. The van der Waals surface area contributed by atoms with Crippen LogP contribution in [-0.4, -0.2) is 41.6 Å². The van der Waals surface area contributed by atoms with E-state index in [0.717, 1.165) is 38.2 Å². The van der Waals surface area contributed by atoms with Crippen molar-refractivity contribution in [3.8, 4) is 0 Å². The van der Waals surface area contributed by atoms with Gasteiger partial charge in [0.2, 0.25) is 0 Å². The van der Waals surface area contributed by atoms with Gasteiger partial charge >= 0.3 is 0 Å². The fourth-order valence-corrected chi connectivity index (χ4v) is 2.83. The molecule has 108 valence electrons. The molecule has 0 amide bonds. The normalized spacial score (nSPS) is 22.4. The fraction of sp³-hybridized carbons (Fsp3) is 0.786. The van der Waals surface area contributed by atoms with Gasteiger partial charge in [-0.05, 0) is 33.6 Å². The lowest BCUT2D eigenvalue weighted by molar-refractivity contribution is 0.0820. The minimum atomic E-state index is 0.155. The SMILES string of the molecule is Cc1nn(C)c(N2CCCOC(C)C2)c1CC(C)N. The average Bonchev–Trinajstić information content (AvgIpc) is 2.50. The molecule has 1 aliphatic rings. The largest absolute Gasteiger partial charge is 0.377 e. The second-order valence-corrected chi connectivity index (χ2v) is 5.67. The van der Waals surface area contributed by atoms with Gasteiger partial charge in [0, 0.05) is 38.3 Å². The van der Waals surface area contributed by atoms with Gasteiger partial charge < -0.3 is 15.4 Å². The van der Waals surface area contributed by atoms with Crippen molar-refractivity contribution in [1.29, 1.82) is 0 Å². The van der Waals surface area contributed by atoms with Gasteiger partial charge in [-0.15, -0.1) is 0 Å². The summed E-state index contributed by atoms with van der Waals surface area (Å²) in [5.41, 5.74) is 8.35. The minimum Gasteiger partial charge on any atom is -0.377 e. The molecule has 2 heterocycles. The number of nitrogens with two attached hydrogens (primary N) is 1. The van der Waals surface area contributed by atoms with Crippen molar-refractivity contribution >= 4 is 5.82 Å². The molecule has 1 aromatic rings. The Bertz CT molecular complexity index is 427. The molecule has 1 fully saturated rings. The lowest BCUT2D eigenvalue weighted by Crippen LogP contribution is -2.33. The monoisotopic (exact) mass is 266 g/mol. The van der Waals surface area contributed by atoms with Gasteiger partial charge in [-0.25, -0.2) is 0 Å². The molecular weight excluding hydrogens is 240 g/mol. The smallest absolute Gasteiger partial charge is 0.130 e. The van der Waals surface area contributed by atoms with E-state index in [1.54, 1.807) is 0 Å². The van der Waals surface area contributed by atoms with Crippen molar-refractivity contribution in [2.75, 3.05) is 24.6 Å². The van der Waals surface area contributed by atoms with Crippen molar-refractivity contribution in [3.63, 3.8) is 0 Å². The Labute approximate surface area is 115 Å². The summed E-state index contributed by atoms with van der Waals surface area (Å²) in [6.07, 6.45) is 2.20. The second-order valence-electron chi connectivity index (χ2n) is 5.67. The molecule has 2 N–H and O–H groups in total. The van der Waals surface area contributed by atoms with Gasteiger partial charge in [-0.3, -0.25) is 4.68 Å². The van der Waals surface area contributed by atoms with Gasteiger partial charge in [0.25, 0.3) is 0 Å². The maximum atomic E-state index is 5.98. The van der Waals surface area contributed by atoms with Crippen LogP contribution in [0.3, 0.4) is 0 Å². The number of aryl methyl sites for hydroxylation is 2. The fourth-order valence-electron chi connectivity index (χ4n) is 2.83. The maximum absolute atomic E-state index is 5.98. The van der Waals surface area contributed by atoms with Gasteiger partial charge in [0.1, 0.15) is 5.82 Å². The van der Waals surface area contributed by atoms with E-state index in [9.17, 15) is 0 Å². The summed E-state index contributed by atoms with van der Waals surface area (Å²) in [6.45, 7) is 9.04. The highest BCUT2D eigenvalue weighted by Gasteiger charge is 2.23. The van der Waals surface area contributed by atoms with Gasteiger partial charge in [-0.1, -0.05) is 0 Å². The van der Waals surface area contributed by atoms with Crippen LogP contribution in [-0.2, 0) is 18.2 Å². The molecule has 2 rings (SSSR count). The predicted molar refractivity (Wildman–Crippen MR) is 77.5 cm³/mol. The van der Waals surface area contributed by atoms with E-state index >= 15 is 0 Å². The average molecular weight is 266 g/mol. The lowest BCUT2D eigenvalue weighted by Gasteiger charge is -2.26. The highest BCUT2D eigenvalue weighted by atomic mass is 16.5. The van der Waals surface area contributed by atoms with E-state index in [2.05, 4.69) is 23.8 Å². The minimum absolute atomic E-state index is 0.155. The summed E-state index contributed by atoms with van der Waals surface area (Å²) in [6, 6.07) is 0.155. The molecule has 1 saturated heterocycles. The molecule has 0 bridgehead atoms. The summed E-state index contributed by atoms with van der Waals surface area (Å²) in [5.74, 6) is 1.21. The quantitative estimate of drug-likeness (QED) is 0.894. The molecule has 5 heteroatoms. The third-order valence-corrected chi connectivity index (χ3v) is 3.59. The molecule has 0 radical (unpaired) electrons. The first-order valence-electron chi connectivity index (χ1n) is 7.13. The molecule has 0 aromatic carbocycles. The number of aromatic nitrogens is 2. The van der Waals surface area contributed by atoms with Crippen LogP contribution < -0.4 is 10.6 Å². The van der Waals surface area contributed by atoms with Crippen LogP contribution in [0.1, 0.15) is 31.5 Å². The van der Waals surface area contributed by atoms with E-state index in [1.807, 2.05) is 18.7 Å². The lowest BCUT2D eigenvalue weighted by atomic mass is 10.1. The van der Waals surface area contributed by atoms with Crippen molar-refractivity contribution in [2.45, 2.75) is 45.8 Å². The summed E-state index contributed by atoms with van der Waals surface area (Å²) < 4.78 is 7.72. The Morgan fingerprint density at radius 1 is 1.53 bits per heavy atom. The molecule has 1 aromatic heterocycles. The Kier molecular flexibility index (Phi) is 4.47. The zero-order chi connectivity index (χ0) is 14.0. The van der Waals surface area contributed by atoms with E-state index in [1.165, 1.54) is 11.4 Å². The summed E-state index contributed by atoms with van der Waals surface area (Å²) in [7, 11) is 2.02. The van der Waals surface area contributed by atoms with Crippen LogP contribution >= 0.6 is 0 Å². The van der Waals surface area contributed by atoms with Crippen LogP contribution in [0.4, 0.5) is 5.82 Å². The van der Waals surface area contributed by atoms with Crippen LogP contribution in [0.2, 0.25) is 0 Å². The number of rotatable bonds is 3. The van der Waals surface area contributed by atoms with Crippen LogP contribution in [0.15, 0.2) is 0 Å². The van der Waals surface area contributed by atoms with E-state index in [4.69, 9.17) is 10.5 Å². The van der Waals surface area contributed by atoms with Gasteiger partial charge in [0.15, 0.2) is 0 Å². The molecule has 2 unspecified atom stereocenters. The summed E-state index contributed by atoms with van der Waals surface area (Å²) >= 11 is 0. The molecule has 0 aliphatic carbocycles. The Hall–Kier alpha value is -1.07. The summed E-state index contributed by atoms with van der Waals surface area (Å²) in [4.78, 5) is 2.40. The third kappa shape index (κ3) is 3.28. The van der Waals surface area contributed by atoms with Crippen molar-refractivity contribution in [3.05, 3.63) is 11.3 Å². The number of ether oxygens (including phenoxy) is 1. The molecule has 19 heavy (non-hydrogen) atoms. The standard InChI is InChI=1S/C14H26N4O/c1-10(15)8-13-12(3)16-17(4)14(13)18-6-5-7-19-11(2)9-18/h10-11H,5-9,15H2,1-4H3. The first-order valence-corrected chi connectivity index (χ1v) is 7.13. The van der Waals surface area contributed by atoms with Crippen LogP contribution in [0.5, 0.6) is 0 Å². The second kappa shape index (κ2) is 5.92. The third-order valence-electron chi connectivity index (χ3n) is 3.59. The van der Waals surface area contributed by atoms with Crippen molar-refractivity contribution in [1.82, 2.24) is 9.78 Å². The first-order chi connectivity index (χ1) is 8.99. The first kappa shape index (κ1) is 14.3. The number of hydrogen-bond donors (Lipinski definition) is 1. The van der Waals surface area contributed by atoms with Crippen molar-refractivity contribution in [2.24, 2.45) is 12.8 Å². The van der Waals surface area contributed by atoms with Crippen molar-refractivity contribution < 1.29 is 4.74 Å². The van der Waals surface area contributed by atoms with E-state index < -0.39 is 0 Å². The maximum Gasteiger partial charge on any atom is 0.130 e. The Balaban J connectivity index is 2.31. The molecule has 2 atom stereocenters. The Morgan fingerprint density at radius 2 is 2.26 bits per heavy atom. The zero-order valence-corrected chi connectivity index (χ0v) is 12.5. The Morgan fingerprint density at radius 3 is 2.95 bits per heavy atom. The highest BCUT2D eigenvalue weighted by molar-refractivity contribution is 5.51. The molecule has 0 saturated carbocycles. The molecule has 1 aliphatic heterocycles.